The Morgan fingerprint density at radius 1 is 1.45 bits per heavy atom. The number of carbonyl (C=O) groups is 1. The Labute approximate surface area is 123 Å². The van der Waals surface area contributed by atoms with Gasteiger partial charge in [0.05, 0.1) is 6.54 Å². The van der Waals surface area contributed by atoms with Crippen molar-refractivity contribution >= 4 is 23.1 Å². The number of hydrogen-bond acceptors (Lipinski definition) is 3. The molecule has 1 fully saturated rings. The maximum Gasteiger partial charge on any atom is 0.236 e. The molecule has 1 saturated heterocycles. The Balaban J connectivity index is 2.11. The molecule has 6 heteroatoms. The van der Waals surface area contributed by atoms with Gasteiger partial charge in [-0.1, -0.05) is 18.3 Å². The van der Waals surface area contributed by atoms with Crippen LogP contribution in [0.3, 0.4) is 0 Å². The first kappa shape index (κ1) is 14.9. The van der Waals surface area contributed by atoms with E-state index in [0.29, 0.717) is 13.1 Å². The van der Waals surface area contributed by atoms with Crippen molar-refractivity contribution in [3.63, 3.8) is 0 Å². The molecule has 0 unspecified atom stereocenters. The van der Waals surface area contributed by atoms with Gasteiger partial charge in [0.15, 0.2) is 0 Å². The second-order valence-corrected chi connectivity index (χ2v) is 5.50. The highest BCUT2D eigenvalue weighted by Crippen LogP contribution is 2.14. The van der Waals surface area contributed by atoms with Crippen molar-refractivity contribution in [3.8, 4) is 0 Å². The molecule has 1 amide bonds. The van der Waals surface area contributed by atoms with Crippen molar-refractivity contribution in [2.24, 2.45) is 5.73 Å². The Hall–Kier alpha value is -1.53. The van der Waals surface area contributed by atoms with E-state index >= 15 is 0 Å². The van der Waals surface area contributed by atoms with Crippen LogP contribution in [0.2, 0.25) is 0 Å². The lowest BCUT2D eigenvalue weighted by molar-refractivity contribution is -0.129. The highest BCUT2D eigenvalue weighted by atomic mass is 32.1. The average molecular weight is 295 g/mol. The Morgan fingerprint density at radius 2 is 2.20 bits per heavy atom. The number of carbonyl (C=O) groups excluding carboxylic acids is 1. The first-order valence-corrected chi connectivity index (χ1v) is 6.93. The standard InChI is InChI=1S/C14H18FN3OS/c1-17-5-2-6-18(9-13(17)19)8-10-3-4-12(15)11(7-10)14(16)20/h3-4,7H,2,5-6,8-9H2,1H3,(H2,16,20). The van der Waals surface area contributed by atoms with E-state index in [1.165, 1.54) is 6.07 Å². The predicted molar refractivity (Wildman–Crippen MR) is 79.8 cm³/mol. The molecule has 0 aliphatic carbocycles. The zero-order valence-electron chi connectivity index (χ0n) is 11.4. The number of benzene rings is 1. The number of hydrogen-bond donors (Lipinski definition) is 1. The van der Waals surface area contributed by atoms with Gasteiger partial charge < -0.3 is 10.6 Å². The van der Waals surface area contributed by atoms with Gasteiger partial charge in [0.1, 0.15) is 10.8 Å². The maximum absolute atomic E-state index is 13.5. The van der Waals surface area contributed by atoms with Gasteiger partial charge in [-0.15, -0.1) is 0 Å². The van der Waals surface area contributed by atoms with Crippen molar-refractivity contribution in [1.82, 2.24) is 9.80 Å². The number of rotatable bonds is 3. The van der Waals surface area contributed by atoms with Crippen LogP contribution in [-0.2, 0) is 11.3 Å². The Bertz CT molecular complexity index is 535. The summed E-state index contributed by atoms with van der Waals surface area (Å²) in [5, 5.41) is 0. The fourth-order valence-corrected chi connectivity index (χ4v) is 2.46. The third-order valence-corrected chi connectivity index (χ3v) is 3.67. The maximum atomic E-state index is 13.5. The van der Waals surface area contributed by atoms with Gasteiger partial charge in [0, 0.05) is 32.2 Å². The van der Waals surface area contributed by atoms with E-state index in [1.807, 2.05) is 7.05 Å². The minimum Gasteiger partial charge on any atom is -0.389 e. The highest BCUT2D eigenvalue weighted by molar-refractivity contribution is 7.80. The summed E-state index contributed by atoms with van der Waals surface area (Å²) < 4.78 is 13.5. The quantitative estimate of drug-likeness (QED) is 0.849. The summed E-state index contributed by atoms with van der Waals surface area (Å²) in [6, 6.07) is 4.74. The first-order chi connectivity index (χ1) is 9.47. The van der Waals surface area contributed by atoms with E-state index in [1.54, 1.807) is 17.0 Å². The average Bonchev–Trinajstić information content (AvgIpc) is 2.54. The van der Waals surface area contributed by atoms with E-state index in [2.05, 4.69) is 4.90 Å². The van der Waals surface area contributed by atoms with Crippen molar-refractivity contribution < 1.29 is 9.18 Å². The molecule has 0 spiro atoms. The largest absolute Gasteiger partial charge is 0.389 e. The molecule has 0 atom stereocenters. The summed E-state index contributed by atoms with van der Waals surface area (Å²) in [4.78, 5) is 15.7. The first-order valence-electron chi connectivity index (χ1n) is 6.52. The molecule has 4 nitrogen and oxygen atoms in total. The molecule has 108 valence electrons. The molecule has 1 aromatic carbocycles. The van der Waals surface area contributed by atoms with Crippen LogP contribution in [0.4, 0.5) is 4.39 Å². The molecular weight excluding hydrogens is 277 g/mol. The second kappa shape index (κ2) is 6.28. The van der Waals surface area contributed by atoms with E-state index in [9.17, 15) is 9.18 Å². The van der Waals surface area contributed by atoms with Gasteiger partial charge >= 0.3 is 0 Å². The Morgan fingerprint density at radius 3 is 2.90 bits per heavy atom. The number of halogens is 1. The lowest BCUT2D eigenvalue weighted by Crippen LogP contribution is -2.34. The van der Waals surface area contributed by atoms with E-state index in [-0.39, 0.29) is 16.5 Å². The van der Waals surface area contributed by atoms with Crippen LogP contribution in [0.25, 0.3) is 0 Å². The monoisotopic (exact) mass is 295 g/mol. The van der Waals surface area contributed by atoms with E-state index in [0.717, 1.165) is 25.1 Å². The summed E-state index contributed by atoms with van der Waals surface area (Å²) in [6.45, 7) is 2.60. The molecule has 0 aromatic heterocycles. The topological polar surface area (TPSA) is 49.6 Å². The summed E-state index contributed by atoms with van der Waals surface area (Å²) >= 11 is 4.83. The fraction of sp³-hybridized carbons (Fsp3) is 0.429. The van der Waals surface area contributed by atoms with Crippen molar-refractivity contribution in [2.75, 3.05) is 26.7 Å². The van der Waals surface area contributed by atoms with Crippen LogP contribution in [0.1, 0.15) is 17.5 Å². The van der Waals surface area contributed by atoms with Gasteiger partial charge in [-0.2, -0.15) is 0 Å². The number of thiocarbonyl (C=S) groups is 1. The van der Waals surface area contributed by atoms with Crippen LogP contribution >= 0.6 is 12.2 Å². The molecule has 20 heavy (non-hydrogen) atoms. The van der Waals surface area contributed by atoms with Gasteiger partial charge in [-0.25, -0.2) is 4.39 Å². The molecule has 2 N–H and O–H groups in total. The third kappa shape index (κ3) is 3.52. The molecule has 1 aliphatic rings. The molecule has 0 saturated carbocycles. The van der Waals surface area contributed by atoms with Crippen molar-refractivity contribution in [2.45, 2.75) is 13.0 Å². The SMILES string of the molecule is CN1CCCN(Cc2ccc(F)c(C(N)=S)c2)CC1=O. The molecular formula is C14H18FN3OS. The molecule has 2 rings (SSSR count). The summed E-state index contributed by atoms with van der Waals surface area (Å²) in [5.41, 5.74) is 6.67. The number of nitrogens with two attached hydrogens (primary N) is 1. The van der Waals surface area contributed by atoms with Gasteiger partial charge in [0.2, 0.25) is 5.91 Å². The van der Waals surface area contributed by atoms with Crippen LogP contribution in [0, 0.1) is 5.82 Å². The smallest absolute Gasteiger partial charge is 0.236 e. The molecule has 1 aromatic rings. The molecule has 0 radical (unpaired) electrons. The molecule has 0 bridgehead atoms. The van der Waals surface area contributed by atoms with Gasteiger partial charge in [0.25, 0.3) is 0 Å². The summed E-state index contributed by atoms with van der Waals surface area (Å²) in [5.74, 6) is -0.299. The summed E-state index contributed by atoms with van der Waals surface area (Å²) in [6.07, 6.45) is 0.936. The zero-order chi connectivity index (χ0) is 14.7. The minimum atomic E-state index is -0.409. The van der Waals surface area contributed by atoms with Crippen LogP contribution in [-0.4, -0.2) is 47.4 Å². The molecule has 1 aliphatic heterocycles. The van der Waals surface area contributed by atoms with Gasteiger partial charge in [-0.3, -0.25) is 9.69 Å². The van der Waals surface area contributed by atoms with Crippen molar-refractivity contribution in [3.05, 3.63) is 35.1 Å². The lowest BCUT2D eigenvalue weighted by Gasteiger charge is -2.19. The predicted octanol–water partition coefficient (Wildman–Crippen LogP) is 1.12. The molecule has 1 heterocycles. The fourth-order valence-electron chi connectivity index (χ4n) is 2.30. The Kier molecular flexibility index (Phi) is 4.67. The van der Waals surface area contributed by atoms with E-state index in [4.69, 9.17) is 18.0 Å². The third-order valence-electron chi connectivity index (χ3n) is 3.45. The van der Waals surface area contributed by atoms with Crippen LogP contribution in [0.15, 0.2) is 18.2 Å². The van der Waals surface area contributed by atoms with E-state index < -0.39 is 5.82 Å². The zero-order valence-corrected chi connectivity index (χ0v) is 12.3. The van der Waals surface area contributed by atoms with Crippen LogP contribution < -0.4 is 5.73 Å². The number of amides is 1. The van der Waals surface area contributed by atoms with Crippen molar-refractivity contribution in [1.29, 1.82) is 0 Å². The number of likely N-dealkylation sites (N-methyl/N-ethyl adjacent to an activating group) is 1. The highest BCUT2D eigenvalue weighted by Gasteiger charge is 2.19. The normalized spacial score (nSPS) is 17.1. The van der Waals surface area contributed by atoms with Crippen LogP contribution in [0.5, 0.6) is 0 Å². The minimum absolute atomic E-state index is 0.0519. The second-order valence-electron chi connectivity index (χ2n) is 5.06. The van der Waals surface area contributed by atoms with Gasteiger partial charge in [-0.05, 0) is 24.1 Å². The lowest BCUT2D eigenvalue weighted by atomic mass is 10.1. The number of nitrogens with zero attached hydrogens (tertiary/aromatic N) is 2. The summed E-state index contributed by atoms with van der Waals surface area (Å²) in [7, 11) is 1.81.